The van der Waals surface area contributed by atoms with Gasteiger partial charge in [0.05, 0.1) is 12.2 Å². The highest BCUT2D eigenvalue weighted by molar-refractivity contribution is 5.46. The third kappa shape index (κ3) is 3.20. The zero-order valence-electron chi connectivity index (χ0n) is 17.7. The first-order valence-electron chi connectivity index (χ1n) is 11.2. The summed E-state index contributed by atoms with van der Waals surface area (Å²) in [5.74, 6) is 0.341. The van der Waals surface area contributed by atoms with Crippen molar-refractivity contribution in [1.82, 2.24) is 0 Å². The van der Waals surface area contributed by atoms with Crippen LogP contribution in [0, 0.1) is 23.2 Å². The zero-order valence-corrected chi connectivity index (χ0v) is 17.7. The molecule has 29 heavy (non-hydrogen) atoms. The Kier molecular flexibility index (Phi) is 5.67. The van der Waals surface area contributed by atoms with Gasteiger partial charge < -0.3 is 20.4 Å². The lowest BCUT2D eigenvalue weighted by molar-refractivity contribution is -0.0641. The number of hydrogen-bond acceptors (Lipinski definition) is 4. The van der Waals surface area contributed by atoms with E-state index in [1.54, 1.807) is 0 Å². The molecule has 4 rings (SSSR count). The van der Waals surface area contributed by atoms with Crippen molar-refractivity contribution in [2.45, 2.75) is 70.0 Å². The van der Waals surface area contributed by atoms with Gasteiger partial charge >= 0.3 is 0 Å². The van der Waals surface area contributed by atoms with Crippen LogP contribution in [0.25, 0.3) is 0 Å². The van der Waals surface area contributed by atoms with E-state index in [-0.39, 0.29) is 42.5 Å². The van der Waals surface area contributed by atoms with Crippen LogP contribution in [0.3, 0.4) is 0 Å². The summed E-state index contributed by atoms with van der Waals surface area (Å²) in [5, 5.41) is 41.8. The predicted octanol–water partition coefficient (Wildman–Crippen LogP) is 3.18. The van der Waals surface area contributed by atoms with E-state index in [2.05, 4.69) is 26.0 Å². The smallest absolute Gasteiger partial charge is 0.0708 e. The van der Waals surface area contributed by atoms with Crippen LogP contribution in [0.5, 0.6) is 0 Å². The standard InChI is InChI=1S/C25H36O4/c1-24(11-10-18(28)12-17(24)14-26)21-8-9-22-19(20(21)15-27)13-23(29)25(22,2)16-6-4-3-5-7-16/h3-7,17-18,20-21,23,26-29H,8-15H2,1-2H3/t17-,18+,20+,21+,23-,24+,25+/m1/s1. The van der Waals surface area contributed by atoms with Crippen molar-refractivity contribution in [3.63, 3.8) is 0 Å². The van der Waals surface area contributed by atoms with E-state index in [1.807, 2.05) is 18.2 Å². The minimum atomic E-state index is -0.475. The van der Waals surface area contributed by atoms with Gasteiger partial charge in [-0.2, -0.15) is 0 Å². The van der Waals surface area contributed by atoms with Gasteiger partial charge in [-0.05, 0) is 68.3 Å². The molecule has 1 saturated carbocycles. The molecule has 7 atom stereocenters. The van der Waals surface area contributed by atoms with Crippen molar-refractivity contribution in [2.24, 2.45) is 23.2 Å². The summed E-state index contributed by atoms with van der Waals surface area (Å²) in [7, 11) is 0. The van der Waals surface area contributed by atoms with E-state index >= 15 is 0 Å². The topological polar surface area (TPSA) is 80.9 Å². The van der Waals surface area contributed by atoms with Crippen LogP contribution < -0.4 is 0 Å². The van der Waals surface area contributed by atoms with Crippen LogP contribution in [-0.2, 0) is 5.41 Å². The third-order valence-electron chi connectivity index (χ3n) is 8.88. The highest BCUT2D eigenvalue weighted by Gasteiger charge is 2.54. The van der Waals surface area contributed by atoms with E-state index in [9.17, 15) is 20.4 Å². The maximum atomic E-state index is 11.1. The fourth-order valence-corrected chi connectivity index (χ4v) is 6.96. The Morgan fingerprint density at radius 2 is 1.72 bits per heavy atom. The first-order valence-corrected chi connectivity index (χ1v) is 11.2. The molecule has 0 bridgehead atoms. The summed E-state index contributed by atoms with van der Waals surface area (Å²) in [6.07, 6.45) is 3.97. The normalized spacial score (nSPS) is 42.8. The monoisotopic (exact) mass is 400 g/mol. The molecule has 0 spiro atoms. The largest absolute Gasteiger partial charge is 0.396 e. The molecule has 1 aromatic carbocycles. The molecule has 0 radical (unpaired) electrons. The molecule has 1 aromatic rings. The maximum Gasteiger partial charge on any atom is 0.0708 e. The number of aliphatic hydroxyl groups is 4. The quantitative estimate of drug-likeness (QED) is 0.585. The molecule has 4 heteroatoms. The molecule has 160 valence electrons. The lowest BCUT2D eigenvalue weighted by Crippen LogP contribution is -2.48. The Morgan fingerprint density at radius 1 is 1.00 bits per heavy atom. The molecule has 0 amide bonds. The molecule has 0 unspecified atom stereocenters. The Morgan fingerprint density at radius 3 is 2.38 bits per heavy atom. The van der Waals surface area contributed by atoms with Crippen molar-refractivity contribution in [2.75, 3.05) is 13.2 Å². The van der Waals surface area contributed by atoms with Gasteiger partial charge in [-0.1, -0.05) is 48.4 Å². The van der Waals surface area contributed by atoms with Crippen LogP contribution in [0.4, 0.5) is 0 Å². The Bertz CT molecular complexity index is 759. The first-order chi connectivity index (χ1) is 13.9. The van der Waals surface area contributed by atoms with Gasteiger partial charge in [0.1, 0.15) is 0 Å². The number of hydrogen-bond donors (Lipinski definition) is 4. The fraction of sp³-hybridized carbons (Fsp3) is 0.680. The van der Waals surface area contributed by atoms with Crippen molar-refractivity contribution in [3.8, 4) is 0 Å². The lowest BCUT2D eigenvalue weighted by Gasteiger charge is -2.52. The highest BCUT2D eigenvalue weighted by atomic mass is 16.3. The molecule has 0 heterocycles. The van der Waals surface area contributed by atoms with Gasteiger partial charge in [0.15, 0.2) is 0 Å². The molecule has 0 aliphatic heterocycles. The van der Waals surface area contributed by atoms with Crippen molar-refractivity contribution >= 4 is 0 Å². The van der Waals surface area contributed by atoms with Gasteiger partial charge in [0, 0.05) is 24.5 Å². The number of rotatable bonds is 4. The molecule has 1 fully saturated rings. The van der Waals surface area contributed by atoms with E-state index in [0.717, 1.165) is 31.2 Å². The van der Waals surface area contributed by atoms with Gasteiger partial charge in [0.2, 0.25) is 0 Å². The van der Waals surface area contributed by atoms with E-state index < -0.39 is 11.5 Å². The summed E-state index contributed by atoms with van der Waals surface area (Å²) in [6.45, 7) is 4.57. The van der Waals surface area contributed by atoms with Crippen LogP contribution in [0.15, 0.2) is 41.5 Å². The summed E-state index contributed by atoms with van der Waals surface area (Å²) in [4.78, 5) is 0. The average Bonchev–Trinajstić information content (AvgIpc) is 3.01. The van der Waals surface area contributed by atoms with Crippen LogP contribution >= 0.6 is 0 Å². The second-order valence-electron chi connectivity index (χ2n) is 10.0. The molecule has 4 N–H and O–H groups in total. The Hall–Kier alpha value is -1.20. The van der Waals surface area contributed by atoms with E-state index in [4.69, 9.17) is 0 Å². The maximum absolute atomic E-state index is 11.1. The van der Waals surface area contributed by atoms with Crippen molar-refractivity contribution < 1.29 is 20.4 Å². The molecular formula is C25H36O4. The number of aliphatic hydroxyl groups excluding tert-OH is 4. The summed E-state index contributed by atoms with van der Waals surface area (Å²) in [5.41, 5.74) is 3.21. The van der Waals surface area contributed by atoms with Gasteiger partial charge in [-0.3, -0.25) is 0 Å². The predicted molar refractivity (Wildman–Crippen MR) is 113 cm³/mol. The second-order valence-corrected chi connectivity index (χ2v) is 10.0. The van der Waals surface area contributed by atoms with E-state index in [1.165, 1.54) is 11.1 Å². The Labute approximate surface area is 174 Å². The SMILES string of the molecule is C[C@]1([C@H]2CCC3=C(C[C@@H](O)[C@@]3(C)c3ccccc3)[C@@H]2CO)CC[C@H](O)C[C@@H]1CO. The summed E-state index contributed by atoms with van der Waals surface area (Å²) in [6, 6.07) is 10.3. The number of benzene rings is 1. The summed E-state index contributed by atoms with van der Waals surface area (Å²) >= 11 is 0. The fourth-order valence-electron chi connectivity index (χ4n) is 6.96. The first kappa shape index (κ1) is 21.0. The average molecular weight is 401 g/mol. The molecule has 3 aliphatic carbocycles. The molecule has 3 aliphatic rings. The zero-order chi connectivity index (χ0) is 20.8. The Balaban J connectivity index is 1.71. The molecule has 0 saturated heterocycles. The van der Waals surface area contributed by atoms with Crippen molar-refractivity contribution in [1.29, 1.82) is 0 Å². The van der Waals surface area contributed by atoms with Crippen LogP contribution in [0.1, 0.15) is 57.9 Å². The van der Waals surface area contributed by atoms with Gasteiger partial charge in [0.25, 0.3) is 0 Å². The third-order valence-corrected chi connectivity index (χ3v) is 8.88. The van der Waals surface area contributed by atoms with Crippen LogP contribution in [0.2, 0.25) is 0 Å². The molecule has 4 nitrogen and oxygen atoms in total. The minimum Gasteiger partial charge on any atom is -0.396 e. The molecular weight excluding hydrogens is 364 g/mol. The lowest BCUT2D eigenvalue weighted by atomic mass is 9.53. The highest BCUT2D eigenvalue weighted by Crippen LogP contribution is 2.59. The molecule has 0 aromatic heterocycles. The minimum absolute atomic E-state index is 0.0215. The van der Waals surface area contributed by atoms with Gasteiger partial charge in [-0.15, -0.1) is 0 Å². The van der Waals surface area contributed by atoms with Crippen molar-refractivity contribution in [3.05, 3.63) is 47.0 Å². The van der Waals surface area contributed by atoms with E-state index in [0.29, 0.717) is 12.8 Å². The van der Waals surface area contributed by atoms with Gasteiger partial charge in [-0.25, -0.2) is 0 Å². The summed E-state index contributed by atoms with van der Waals surface area (Å²) < 4.78 is 0. The van der Waals surface area contributed by atoms with Crippen LogP contribution in [-0.4, -0.2) is 45.8 Å². The second kappa shape index (κ2) is 7.81.